The van der Waals surface area contributed by atoms with E-state index in [1.165, 1.54) is 0 Å². The molecule has 0 unspecified atom stereocenters. The SMILES string of the molecule is Nc1cccc(-n2ccc(C(=O)N3CC(CO)C3)n2)c1. The first-order valence-corrected chi connectivity index (χ1v) is 6.49. The molecule has 0 saturated carbocycles. The maximum Gasteiger partial charge on any atom is 0.274 e. The molecule has 0 spiro atoms. The molecule has 3 rings (SSSR count). The molecule has 1 aromatic heterocycles. The summed E-state index contributed by atoms with van der Waals surface area (Å²) in [6.07, 6.45) is 1.74. The summed E-state index contributed by atoms with van der Waals surface area (Å²) < 4.78 is 1.63. The fourth-order valence-corrected chi connectivity index (χ4v) is 2.26. The molecule has 3 N–H and O–H groups in total. The lowest BCUT2D eigenvalue weighted by molar-refractivity contribution is 0.0356. The van der Waals surface area contributed by atoms with Gasteiger partial charge in [0.1, 0.15) is 0 Å². The minimum Gasteiger partial charge on any atom is -0.399 e. The fraction of sp³-hybridized carbons (Fsp3) is 0.286. The van der Waals surface area contributed by atoms with Crippen molar-refractivity contribution >= 4 is 11.6 Å². The van der Waals surface area contributed by atoms with Gasteiger partial charge in [-0.1, -0.05) is 6.07 Å². The summed E-state index contributed by atoms with van der Waals surface area (Å²) in [4.78, 5) is 13.8. The molecule has 1 aliphatic heterocycles. The maximum absolute atomic E-state index is 12.1. The number of nitrogen functional groups attached to an aromatic ring is 1. The van der Waals surface area contributed by atoms with Crippen molar-refractivity contribution in [3.8, 4) is 5.69 Å². The van der Waals surface area contributed by atoms with Crippen LogP contribution in [0.5, 0.6) is 0 Å². The third-order valence-corrected chi connectivity index (χ3v) is 3.45. The van der Waals surface area contributed by atoms with Crippen LogP contribution in [0, 0.1) is 5.92 Å². The van der Waals surface area contributed by atoms with E-state index >= 15 is 0 Å². The summed E-state index contributed by atoms with van der Waals surface area (Å²) in [5.41, 5.74) is 7.61. The van der Waals surface area contributed by atoms with E-state index in [1.807, 2.05) is 12.1 Å². The van der Waals surface area contributed by atoms with Crippen molar-refractivity contribution in [2.45, 2.75) is 0 Å². The Morgan fingerprint density at radius 1 is 1.40 bits per heavy atom. The molecule has 0 atom stereocenters. The lowest BCUT2D eigenvalue weighted by atomic mass is 10.0. The number of carbonyl (C=O) groups is 1. The van der Waals surface area contributed by atoms with Gasteiger partial charge in [-0.05, 0) is 24.3 Å². The lowest BCUT2D eigenvalue weighted by Crippen LogP contribution is -2.51. The number of benzene rings is 1. The summed E-state index contributed by atoms with van der Waals surface area (Å²) in [6, 6.07) is 9.01. The standard InChI is InChI=1S/C14H16N4O2/c15-11-2-1-3-12(6-11)18-5-4-13(16-18)14(20)17-7-10(8-17)9-19/h1-6,10,19H,7-9,15H2. The number of rotatable bonds is 3. The minimum atomic E-state index is -0.0997. The van der Waals surface area contributed by atoms with Crippen LogP contribution in [-0.2, 0) is 0 Å². The fourth-order valence-electron chi connectivity index (χ4n) is 2.26. The summed E-state index contributed by atoms with van der Waals surface area (Å²) in [5, 5.41) is 13.2. The Labute approximate surface area is 116 Å². The quantitative estimate of drug-likeness (QED) is 0.798. The second-order valence-electron chi connectivity index (χ2n) is 5.00. The molecule has 6 heteroatoms. The van der Waals surface area contributed by atoms with Crippen LogP contribution in [0.15, 0.2) is 36.5 Å². The molecule has 1 aromatic carbocycles. The average Bonchev–Trinajstić information content (AvgIpc) is 2.87. The number of hydrogen-bond donors (Lipinski definition) is 2. The largest absolute Gasteiger partial charge is 0.399 e. The molecular weight excluding hydrogens is 256 g/mol. The Morgan fingerprint density at radius 3 is 2.90 bits per heavy atom. The highest BCUT2D eigenvalue weighted by Gasteiger charge is 2.31. The molecule has 1 aliphatic rings. The second kappa shape index (κ2) is 4.97. The predicted octanol–water partition coefficient (Wildman–Crippen LogP) is 0.519. The highest BCUT2D eigenvalue weighted by molar-refractivity contribution is 5.92. The van der Waals surface area contributed by atoms with Crippen LogP contribution in [0.3, 0.4) is 0 Å². The van der Waals surface area contributed by atoms with E-state index in [-0.39, 0.29) is 18.4 Å². The summed E-state index contributed by atoms with van der Waals surface area (Å²) in [6.45, 7) is 1.32. The van der Waals surface area contributed by atoms with Gasteiger partial charge in [0, 0.05) is 37.5 Å². The third kappa shape index (κ3) is 2.25. The molecule has 0 bridgehead atoms. The summed E-state index contributed by atoms with van der Waals surface area (Å²) in [7, 11) is 0. The van der Waals surface area contributed by atoms with Crippen LogP contribution >= 0.6 is 0 Å². The van der Waals surface area contributed by atoms with E-state index in [4.69, 9.17) is 10.8 Å². The van der Waals surface area contributed by atoms with E-state index < -0.39 is 0 Å². The molecule has 6 nitrogen and oxygen atoms in total. The van der Waals surface area contributed by atoms with Crippen LogP contribution in [-0.4, -0.2) is 45.4 Å². The van der Waals surface area contributed by atoms with Crippen molar-refractivity contribution in [3.05, 3.63) is 42.2 Å². The van der Waals surface area contributed by atoms with Gasteiger partial charge in [-0.15, -0.1) is 0 Å². The molecule has 1 fully saturated rings. The minimum absolute atomic E-state index is 0.0997. The number of aliphatic hydroxyl groups is 1. The summed E-state index contributed by atoms with van der Waals surface area (Å²) >= 11 is 0. The number of amides is 1. The van der Waals surface area contributed by atoms with E-state index in [2.05, 4.69) is 5.10 Å². The number of likely N-dealkylation sites (tertiary alicyclic amines) is 1. The first kappa shape index (κ1) is 12.7. The number of nitrogens with two attached hydrogens (primary N) is 1. The molecule has 1 amide bonds. The summed E-state index contributed by atoms with van der Waals surface area (Å²) in [5.74, 6) is 0.104. The third-order valence-electron chi connectivity index (χ3n) is 3.45. The van der Waals surface area contributed by atoms with Gasteiger partial charge >= 0.3 is 0 Å². The van der Waals surface area contributed by atoms with E-state index in [1.54, 1.807) is 34.0 Å². The molecular formula is C14H16N4O2. The van der Waals surface area contributed by atoms with Gasteiger partial charge < -0.3 is 15.7 Å². The zero-order chi connectivity index (χ0) is 14.1. The van der Waals surface area contributed by atoms with Gasteiger partial charge in [-0.2, -0.15) is 5.10 Å². The van der Waals surface area contributed by atoms with Crippen molar-refractivity contribution in [1.29, 1.82) is 0 Å². The van der Waals surface area contributed by atoms with Crippen LogP contribution in [0.2, 0.25) is 0 Å². The first-order chi connectivity index (χ1) is 9.67. The Morgan fingerprint density at radius 2 is 2.20 bits per heavy atom. The van der Waals surface area contributed by atoms with E-state index in [0.29, 0.717) is 24.5 Å². The Balaban J connectivity index is 1.75. The molecule has 0 aliphatic carbocycles. The normalized spacial score (nSPS) is 15.2. The van der Waals surface area contributed by atoms with Gasteiger partial charge in [0.05, 0.1) is 5.69 Å². The Hall–Kier alpha value is -2.34. The van der Waals surface area contributed by atoms with E-state index in [9.17, 15) is 4.79 Å². The number of nitrogens with zero attached hydrogens (tertiary/aromatic N) is 3. The Kier molecular flexibility index (Phi) is 3.15. The van der Waals surface area contributed by atoms with Gasteiger partial charge in [0.25, 0.3) is 5.91 Å². The van der Waals surface area contributed by atoms with Crippen LogP contribution in [0.1, 0.15) is 10.5 Å². The number of aliphatic hydroxyl groups excluding tert-OH is 1. The first-order valence-electron chi connectivity index (χ1n) is 6.49. The number of carbonyl (C=O) groups excluding carboxylic acids is 1. The van der Waals surface area contributed by atoms with Crippen LogP contribution in [0.25, 0.3) is 5.69 Å². The monoisotopic (exact) mass is 272 g/mol. The average molecular weight is 272 g/mol. The molecule has 2 aromatic rings. The highest BCUT2D eigenvalue weighted by atomic mass is 16.3. The number of hydrogen-bond acceptors (Lipinski definition) is 4. The molecule has 2 heterocycles. The van der Waals surface area contributed by atoms with E-state index in [0.717, 1.165) is 5.69 Å². The van der Waals surface area contributed by atoms with Gasteiger partial charge in [0.15, 0.2) is 5.69 Å². The van der Waals surface area contributed by atoms with Crippen molar-refractivity contribution in [1.82, 2.24) is 14.7 Å². The molecule has 0 radical (unpaired) electrons. The predicted molar refractivity (Wildman–Crippen MR) is 74.5 cm³/mol. The van der Waals surface area contributed by atoms with Crippen LogP contribution < -0.4 is 5.73 Å². The second-order valence-corrected chi connectivity index (χ2v) is 5.00. The molecule has 1 saturated heterocycles. The van der Waals surface area contributed by atoms with Crippen molar-refractivity contribution in [3.63, 3.8) is 0 Å². The van der Waals surface area contributed by atoms with Gasteiger partial charge in [-0.25, -0.2) is 4.68 Å². The Bertz CT molecular complexity index is 632. The topological polar surface area (TPSA) is 84.4 Å². The number of aromatic nitrogens is 2. The zero-order valence-electron chi connectivity index (χ0n) is 10.9. The highest BCUT2D eigenvalue weighted by Crippen LogP contribution is 2.18. The lowest BCUT2D eigenvalue weighted by Gasteiger charge is -2.37. The van der Waals surface area contributed by atoms with Gasteiger partial charge in [0.2, 0.25) is 0 Å². The van der Waals surface area contributed by atoms with Crippen molar-refractivity contribution in [2.24, 2.45) is 5.92 Å². The number of anilines is 1. The van der Waals surface area contributed by atoms with Crippen LogP contribution in [0.4, 0.5) is 5.69 Å². The van der Waals surface area contributed by atoms with Gasteiger partial charge in [-0.3, -0.25) is 4.79 Å². The van der Waals surface area contributed by atoms with Crippen molar-refractivity contribution < 1.29 is 9.90 Å². The molecule has 20 heavy (non-hydrogen) atoms. The van der Waals surface area contributed by atoms with Crippen molar-refractivity contribution in [2.75, 3.05) is 25.4 Å². The molecule has 104 valence electrons. The maximum atomic E-state index is 12.1. The zero-order valence-corrected chi connectivity index (χ0v) is 10.9. The smallest absolute Gasteiger partial charge is 0.274 e.